The van der Waals surface area contributed by atoms with Crippen molar-refractivity contribution in [3.63, 3.8) is 0 Å². The standard InChI is InChI=1S/C21H22Cl2N4O3S/c1-4-27-20(13(2)30-15-10-8-14(29-3)9-11-15)25-26-21(27)31-12-18(28)24-17-7-5-6-16(22)19(17)23/h5-11,13H,4,12H2,1-3H3,(H,24,28). The maximum atomic E-state index is 12.4. The van der Waals surface area contributed by atoms with E-state index < -0.39 is 0 Å². The number of benzene rings is 2. The number of rotatable bonds is 9. The molecule has 2 aromatic carbocycles. The summed E-state index contributed by atoms with van der Waals surface area (Å²) >= 11 is 13.4. The van der Waals surface area contributed by atoms with Gasteiger partial charge in [-0.25, -0.2) is 0 Å². The fourth-order valence-corrected chi connectivity index (χ4v) is 3.99. The van der Waals surface area contributed by atoms with Crippen molar-refractivity contribution in [1.82, 2.24) is 14.8 Å². The highest BCUT2D eigenvalue weighted by atomic mass is 35.5. The Kier molecular flexibility index (Phi) is 8.06. The number of carbonyl (C=O) groups is 1. The zero-order valence-electron chi connectivity index (χ0n) is 17.3. The summed E-state index contributed by atoms with van der Waals surface area (Å²) in [5.41, 5.74) is 0.471. The molecule has 3 rings (SSSR count). The van der Waals surface area contributed by atoms with Crippen molar-refractivity contribution >= 4 is 46.6 Å². The van der Waals surface area contributed by atoms with Crippen LogP contribution in [-0.4, -0.2) is 33.5 Å². The second-order valence-corrected chi connectivity index (χ2v) is 8.19. The van der Waals surface area contributed by atoms with Crippen molar-refractivity contribution in [2.24, 2.45) is 0 Å². The predicted molar refractivity (Wildman–Crippen MR) is 124 cm³/mol. The van der Waals surface area contributed by atoms with Gasteiger partial charge in [0, 0.05) is 6.54 Å². The molecule has 0 saturated heterocycles. The van der Waals surface area contributed by atoms with Gasteiger partial charge in [0.1, 0.15) is 11.5 Å². The molecular weight excluding hydrogens is 459 g/mol. The number of anilines is 1. The van der Waals surface area contributed by atoms with Crippen LogP contribution in [0.4, 0.5) is 5.69 Å². The third-order valence-electron chi connectivity index (χ3n) is 4.36. The van der Waals surface area contributed by atoms with Crippen LogP contribution in [0.15, 0.2) is 47.6 Å². The molecule has 1 amide bonds. The van der Waals surface area contributed by atoms with Crippen molar-refractivity contribution in [3.8, 4) is 11.5 Å². The Bertz CT molecular complexity index is 1040. The summed E-state index contributed by atoms with van der Waals surface area (Å²) in [7, 11) is 1.62. The molecular formula is C21H22Cl2N4O3S. The highest BCUT2D eigenvalue weighted by Gasteiger charge is 2.20. The second kappa shape index (κ2) is 10.7. The van der Waals surface area contributed by atoms with Crippen LogP contribution < -0.4 is 14.8 Å². The van der Waals surface area contributed by atoms with Gasteiger partial charge >= 0.3 is 0 Å². The number of halogens is 2. The third kappa shape index (κ3) is 5.84. The molecule has 31 heavy (non-hydrogen) atoms. The maximum Gasteiger partial charge on any atom is 0.234 e. The Morgan fingerprint density at radius 1 is 1.16 bits per heavy atom. The monoisotopic (exact) mass is 480 g/mol. The van der Waals surface area contributed by atoms with E-state index in [1.165, 1.54) is 11.8 Å². The molecule has 7 nitrogen and oxygen atoms in total. The van der Waals surface area contributed by atoms with Crippen LogP contribution in [0, 0.1) is 0 Å². The van der Waals surface area contributed by atoms with E-state index in [-0.39, 0.29) is 17.8 Å². The van der Waals surface area contributed by atoms with Crippen molar-refractivity contribution in [1.29, 1.82) is 0 Å². The van der Waals surface area contributed by atoms with Crippen LogP contribution in [0.3, 0.4) is 0 Å². The van der Waals surface area contributed by atoms with Crippen LogP contribution >= 0.6 is 35.0 Å². The summed E-state index contributed by atoms with van der Waals surface area (Å²) in [5.74, 6) is 2.07. The van der Waals surface area contributed by atoms with Crippen LogP contribution in [0.2, 0.25) is 10.0 Å². The number of methoxy groups -OCH3 is 1. The average Bonchev–Trinajstić information content (AvgIpc) is 3.19. The molecule has 0 spiro atoms. The Hall–Kier alpha value is -2.42. The molecule has 0 saturated carbocycles. The zero-order valence-corrected chi connectivity index (χ0v) is 19.6. The molecule has 1 N–H and O–H groups in total. The van der Waals surface area contributed by atoms with Gasteiger partial charge in [-0.2, -0.15) is 0 Å². The first-order chi connectivity index (χ1) is 14.9. The molecule has 3 aromatic rings. The van der Waals surface area contributed by atoms with E-state index >= 15 is 0 Å². The van der Waals surface area contributed by atoms with Gasteiger partial charge in [-0.3, -0.25) is 4.79 Å². The van der Waals surface area contributed by atoms with Crippen LogP contribution in [0.1, 0.15) is 25.8 Å². The Labute approximate surface area is 195 Å². The van der Waals surface area contributed by atoms with Gasteiger partial charge in [0.15, 0.2) is 17.1 Å². The minimum Gasteiger partial charge on any atom is -0.497 e. The first-order valence-corrected chi connectivity index (χ1v) is 11.3. The minimum absolute atomic E-state index is 0.148. The average molecular weight is 481 g/mol. The van der Waals surface area contributed by atoms with E-state index in [4.69, 9.17) is 32.7 Å². The van der Waals surface area contributed by atoms with Gasteiger partial charge in [-0.05, 0) is 50.2 Å². The Morgan fingerprint density at radius 3 is 2.55 bits per heavy atom. The number of hydrogen-bond donors (Lipinski definition) is 1. The van der Waals surface area contributed by atoms with Crippen molar-refractivity contribution < 1.29 is 14.3 Å². The van der Waals surface area contributed by atoms with Crippen molar-refractivity contribution in [2.75, 3.05) is 18.2 Å². The maximum absolute atomic E-state index is 12.4. The van der Waals surface area contributed by atoms with E-state index in [1.54, 1.807) is 25.3 Å². The van der Waals surface area contributed by atoms with Crippen molar-refractivity contribution in [2.45, 2.75) is 31.7 Å². The van der Waals surface area contributed by atoms with Crippen LogP contribution in [-0.2, 0) is 11.3 Å². The van der Waals surface area contributed by atoms with Gasteiger partial charge in [-0.1, -0.05) is 41.0 Å². The smallest absolute Gasteiger partial charge is 0.234 e. The first kappa shape index (κ1) is 23.2. The highest BCUT2D eigenvalue weighted by molar-refractivity contribution is 7.99. The lowest BCUT2D eigenvalue weighted by Crippen LogP contribution is -2.15. The lowest BCUT2D eigenvalue weighted by atomic mass is 10.3. The molecule has 1 heterocycles. The molecule has 1 unspecified atom stereocenters. The summed E-state index contributed by atoms with van der Waals surface area (Å²) in [4.78, 5) is 12.4. The predicted octanol–water partition coefficient (Wildman–Crippen LogP) is 5.48. The fourth-order valence-electron chi connectivity index (χ4n) is 2.83. The molecule has 0 bridgehead atoms. The number of hydrogen-bond acceptors (Lipinski definition) is 6. The van der Waals surface area contributed by atoms with Crippen LogP contribution in [0.25, 0.3) is 0 Å². The number of carbonyl (C=O) groups excluding carboxylic acids is 1. The van der Waals surface area contributed by atoms with Crippen LogP contribution in [0.5, 0.6) is 11.5 Å². The zero-order chi connectivity index (χ0) is 22.4. The van der Waals surface area contributed by atoms with E-state index in [0.29, 0.717) is 39.0 Å². The number of thioether (sulfide) groups is 1. The number of nitrogens with one attached hydrogen (secondary N) is 1. The van der Waals surface area contributed by atoms with Gasteiger partial charge < -0.3 is 19.4 Å². The van der Waals surface area contributed by atoms with Crippen molar-refractivity contribution in [3.05, 3.63) is 58.3 Å². The summed E-state index contributed by atoms with van der Waals surface area (Å²) in [5, 5.41) is 12.6. The normalized spacial score (nSPS) is 11.8. The van der Waals surface area contributed by atoms with E-state index in [9.17, 15) is 4.79 Å². The third-order valence-corrected chi connectivity index (χ3v) is 6.14. The van der Waals surface area contributed by atoms with E-state index in [0.717, 1.165) is 5.75 Å². The molecule has 10 heteroatoms. The molecule has 0 aliphatic heterocycles. The number of aromatic nitrogens is 3. The van der Waals surface area contributed by atoms with E-state index in [2.05, 4.69) is 15.5 Å². The molecule has 0 aliphatic rings. The highest BCUT2D eigenvalue weighted by Crippen LogP contribution is 2.30. The summed E-state index contributed by atoms with van der Waals surface area (Å²) in [6.07, 6.45) is -0.325. The molecule has 164 valence electrons. The van der Waals surface area contributed by atoms with Gasteiger partial charge in [0.2, 0.25) is 5.91 Å². The van der Waals surface area contributed by atoms with Gasteiger partial charge in [0.25, 0.3) is 0 Å². The first-order valence-electron chi connectivity index (χ1n) is 9.53. The molecule has 1 atom stereocenters. The summed E-state index contributed by atoms with van der Waals surface area (Å²) < 4.78 is 13.1. The lowest BCUT2D eigenvalue weighted by Gasteiger charge is -2.16. The number of nitrogens with zero attached hydrogens (tertiary/aromatic N) is 3. The van der Waals surface area contributed by atoms with Gasteiger partial charge in [-0.15, -0.1) is 10.2 Å². The Balaban J connectivity index is 1.63. The fraction of sp³-hybridized carbons (Fsp3) is 0.286. The molecule has 0 aliphatic carbocycles. The largest absolute Gasteiger partial charge is 0.497 e. The van der Waals surface area contributed by atoms with E-state index in [1.807, 2.05) is 42.7 Å². The Morgan fingerprint density at radius 2 is 1.87 bits per heavy atom. The number of ether oxygens (including phenoxy) is 2. The molecule has 1 aromatic heterocycles. The molecule has 0 fully saturated rings. The SMILES string of the molecule is CCn1c(SCC(=O)Nc2cccc(Cl)c2Cl)nnc1C(C)Oc1ccc(OC)cc1. The minimum atomic E-state index is -0.325. The number of amides is 1. The summed E-state index contributed by atoms with van der Waals surface area (Å²) in [6.45, 7) is 4.54. The second-order valence-electron chi connectivity index (χ2n) is 6.46. The quantitative estimate of drug-likeness (QED) is 0.408. The topological polar surface area (TPSA) is 78.3 Å². The summed E-state index contributed by atoms with van der Waals surface area (Å²) in [6, 6.07) is 12.4. The lowest BCUT2D eigenvalue weighted by molar-refractivity contribution is -0.113. The van der Waals surface area contributed by atoms with Gasteiger partial charge in [0.05, 0.1) is 28.6 Å². The molecule has 0 radical (unpaired) electrons.